The van der Waals surface area contributed by atoms with Gasteiger partial charge in [0.15, 0.2) is 0 Å². The van der Waals surface area contributed by atoms with Crippen molar-refractivity contribution < 1.29 is 4.74 Å². The standard InChI is InChI=1S/C13H21NO/c1-10(2)7-8-14-12-6-5-11(3)9-13(12)15-4/h5-6,9-10,14H,7-8H2,1-4H3. The van der Waals surface area contributed by atoms with E-state index in [1.807, 2.05) is 0 Å². The Kier molecular flexibility index (Phi) is 4.47. The Hall–Kier alpha value is -1.18. The van der Waals surface area contributed by atoms with E-state index in [2.05, 4.69) is 44.3 Å². The molecule has 1 aromatic rings. The third kappa shape index (κ3) is 3.82. The van der Waals surface area contributed by atoms with Crippen LogP contribution in [0.1, 0.15) is 25.8 Å². The summed E-state index contributed by atoms with van der Waals surface area (Å²) in [5, 5.41) is 3.40. The summed E-state index contributed by atoms with van der Waals surface area (Å²) in [6, 6.07) is 6.23. The summed E-state index contributed by atoms with van der Waals surface area (Å²) in [5.41, 5.74) is 2.31. The molecule has 0 amide bonds. The monoisotopic (exact) mass is 207 g/mol. The van der Waals surface area contributed by atoms with Crippen molar-refractivity contribution in [2.24, 2.45) is 5.92 Å². The first-order valence-electron chi connectivity index (χ1n) is 5.52. The third-order valence-electron chi connectivity index (χ3n) is 2.39. The number of ether oxygens (including phenoxy) is 1. The predicted molar refractivity (Wildman–Crippen MR) is 65.7 cm³/mol. The molecule has 2 nitrogen and oxygen atoms in total. The number of hydrogen-bond donors (Lipinski definition) is 1. The van der Waals surface area contributed by atoms with E-state index >= 15 is 0 Å². The molecular weight excluding hydrogens is 186 g/mol. The van der Waals surface area contributed by atoms with Gasteiger partial charge < -0.3 is 10.1 Å². The molecule has 0 unspecified atom stereocenters. The third-order valence-corrected chi connectivity index (χ3v) is 2.39. The minimum absolute atomic E-state index is 0.731. The zero-order chi connectivity index (χ0) is 11.3. The minimum Gasteiger partial charge on any atom is -0.495 e. The summed E-state index contributed by atoms with van der Waals surface area (Å²) >= 11 is 0. The van der Waals surface area contributed by atoms with Crippen LogP contribution in [0, 0.1) is 12.8 Å². The first-order chi connectivity index (χ1) is 7.13. The first-order valence-corrected chi connectivity index (χ1v) is 5.52. The van der Waals surface area contributed by atoms with Crippen molar-refractivity contribution in [3.8, 4) is 5.75 Å². The van der Waals surface area contributed by atoms with E-state index in [9.17, 15) is 0 Å². The van der Waals surface area contributed by atoms with Gasteiger partial charge in [-0.05, 0) is 37.0 Å². The molecule has 0 aromatic heterocycles. The fourth-order valence-corrected chi connectivity index (χ4v) is 1.44. The zero-order valence-corrected chi connectivity index (χ0v) is 10.1. The maximum Gasteiger partial charge on any atom is 0.142 e. The molecule has 0 aliphatic rings. The highest BCUT2D eigenvalue weighted by atomic mass is 16.5. The van der Waals surface area contributed by atoms with Crippen molar-refractivity contribution in [2.45, 2.75) is 27.2 Å². The minimum atomic E-state index is 0.731. The second-order valence-electron chi connectivity index (χ2n) is 4.31. The highest BCUT2D eigenvalue weighted by Crippen LogP contribution is 2.25. The van der Waals surface area contributed by atoms with E-state index in [0.717, 1.165) is 23.9 Å². The van der Waals surface area contributed by atoms with Gasteiger partial charge in [0.05, 0.1) is 12.8 Å². The number of hydrogen-bond acceptors (Lipinski definition) is 2. The number of nitrogens with one attached hydrogen (secondary N) is 1. The average Bonchev–Trinajstić information content (AvgIpc) is 2.19. The maximum atomic E-state index is 5.32. The largest absolute Gasteiger partial charge is 0.495 e. The molecule has 2 heteroatoms. The fourth-order valence-electron chi connectivity index (χ4n) is 1.44. The lowest BCUT2D eigenvalue weighted by Crippen LogP contribution is -2.05. The molecule has 1 rings (SSSR count). The Morgan fingerprint density at radius 2 is 2.07 bits per heavy atom. The van der Waals surface area contributed by atoms with Crippen LogP contribution in [0.25, 0.3) is 0 Å². The Morgan fingerprint density at radius 1 is 1.33 bits per heavy atom. The van der Waals surface area contributed by atoms with E-state index in [4.69, 9.17) is 4.74 Å². The molecule has 0 fully saturated rings. The van der Waals surface area contributed by atoms with Crippen LogP contribution in [0.2, 0.25) is 0 Å². The van der Waals surface area contributed by atoms with Crippen LogP contribution in [0.5, 0.6) is 5.75 Å². The number of rotatable bonds is 5. The van der Waals surface area contributed by atoms with Crippen molar-refractivity contribution in [1.29, 1.82) is 0 Å². The molecule has 0 radical (unpaired) electrons. The van der Waals surface area contributed by atoms with Crippen LogP contribution >= 0.6 is 0 Å². The molecule has 0 saturated carbocycles. The molecule has 0 bridgehead atoms. The van der Waals surface area contributed by atoms with Crippen molar-refractivity contribution in [1.82, 2.24) is 0 Å². The van der Waals surface area contributed by atoms with Gasteiger partial charge in [-0.1, -0.05) is 19.9 Å². The SMILES string of the molecule is COc1cc(C)ccc1NCCC(C)C. The molecule has 15 heavy (non-hydrogen) atoms. The van der Waals surface area contributed by atoms with Gasteiger partial charge in [-0.25, -0.2) is 0 Å². The van der Waals surface area contributed by atoms with Crippen molar-refractivity contribution in [3.05, 3.63) is 23.8 Å². The fraction of sp³-hybridized carbons (Fsp3) is 0.538. The second-order valence-corrected chi connectivity index (χ2v) is 4.31. The van der Waals surface area contributed by atoms with Gasteiger partial charge >= 0.3 is 0 Å². The van der Waals surface area contributed by atoms with Crippen LogP contribution in [-0.4, -0.2) is 13.7 Å². The average molecular weight is 207 g/mol. The summed E-state index contributed by atoms with van der Waals surface area (Å²) in [5.74, 6) is 1.66. The van der Waals surface area contributed by atoms with E-state index in [0.29, 0.717) is 0 Å². The maximum absolute atomic E-state index is 5.32. The summed E-state index contributed by atoms with van der Waals surface area (Å²) in [7, 11) is 1.71. The normalized spacial score (nSPS) is 10.5. The molecule has 0 atom stereocenters. The van der Waals surface area contributed by atoms with Crippen LogP contribution in [-0.2, 0) is 0 Å². The lowest BCUT2D eigenvalue weighted by Gasteiger charge is -2.12. The topological polar surface area (TPSA) is 21.3 Å². The molecule has 1 N–H and O–H groups in total. The van der Waals surface area contributed by atoms with Gasteiger partial charge in [0.25, 0.3) is 0 Å². The van der Waals surface area contributed by atoms with Gasteiger partial charge in [0.1, 0.15) is 5.75 Å². The summed E-state index contributed by atoms with van der Waals surface area (Å²) in [6.45, 7) is 7.53. The molecule has 1 aromatic carbocycles. The first kappa shape index (κ1) is 11.9. The summed E-state index contributed by atoms with van der Waals surface area (Å²) < 4.78 is 5.32. The van der Waals surface area contributed by atoms with Crippen molar-refractivity contribution in [3.63, 3.8) is 0 Å². The van der Waals surface area contributed by atoms with Crippen LogP contribution < -0.4 is 10.1 Å². The Balaban J connectivity index is 2.60. The van der Waals surface area contributed by atoms with Crippen molar-refractivity contribution >= 4 is 5.69 Å². The molecule has 0 aliphatic heterocycles. The van der Waals surface area contributed by atoms with E-state index in [-0.39, 0.29) is 0 Å². The van der Waals surface area contributed by atoms with E-state index in [1.54, 1.807) is 7.11 Å². The Morgan fingerprint density at radius 3 is 2.67 bits per heavy atom. The molecule has 0 spiro atoms. The quantitative estimate of drug-likeness (QED) is 0.798. The van der Waals surface area contributed by atoms with Gasteiger partial charge in [-0.3, -0.25) is 0 Å². The van der Waals surface area contributed by atoms with Crippen LogP contribution in [0.3, 0.4) is 0 Å². The molecule has 0 saturated heterocycles. The zero-order valence-electron chi connectivity index (χ0n) is 10.1. The van der Waals surface area contributed by atoms with Crippen LogP contribution in [0.4, 0.5) is 5.69 Å². The van der Waals surface area contributed by atoms with Gasteiger partial charge in [0.2, 0.25) is 0 Å². The summed E-state index contributed by atoms with van der Waals surface area (Å²) in [4.78, 5) is 0. The smallest absolute Gasteiger partial charge is 0.142 e. The molecule has 0 heterocycles. The van der Waals surface area contributed by atoms with E-state index < -0.39 is 0 Å². The van der Waals surface area contributed by atoms with Gasteiger partial charge in [-0.2, -0.15) is 0 Å². The number of methoxy groups -OCH3 is 1. The lowest BCUT2D eigenvalue weighted by molar-refractivity contribution is 0.416. The Labute approximate surface area is 92.6 Å². The van der Waals surface area contributed by atoms with Crippen molar-refractivity contribution in [2.75, 3.05) is 19.0 Å². The summed E-state index contributed by atoms with van der Waals surface area (Å²) in [6.07, 6.45) is 1.18. The highest BCUT2D eigenvalue weighted by Gasteiger charge is 2.02. The van der Waals surface area contributed by atoms with Gasteiger partial charge in [-0.15, -0.1) is 0 Å². The second kappa shape index (κ2) is 5.64. The molecule has 84 valence electrons. The number of anilines is 1. The number of benzene rings is 1. The predicted octanol–water partition coefficient (Wildman–Crippen LogP) is 3.46. The van der Waals surface area contributed by atoms with Crippen LogP contribution in [0.15, 0.2) is 18.2 Å². The van der Waals surface area contributed by atoms with E-state index in [1.165, 1.54) is 12.0 Å². The molecule has 0 aliphatic carbocycles. The molecular formula is C13H21NO. The highest BCUT2D eigenvalue weighted by molar-refractivity contribution is 5.57. The number of aryl methyl sites for hydroxylation is 1. The Bertz CT molecular complexity index is 307. The lowest BCUT2D eigenvalue weighted by atomic mass is 10.1. The van der Waals surface area contributed by atoms with Gasteiger partial charge in [0, 0.05) is 6.54 Å².